The Hall–Kier alpha value is -2.26. The Kier molecular flexibility index (Phi) is 12.3. The van der Waals surface area contributed by atoms with E-state index in [1.165, 1.54) is 43.4 Å². The van der Waals surface area contributed by atoms with E-state index in [1.807, 2.05) is 13.0 Å². The molecule has 0 heterocycles. The van der Waals surface area contributed by atoms with E-state index in [0.29, 0.717) is 17.8 Å². The van der Waals surface area contributed by atoms with Crippen LogP contribution < -0.4 is 0 Å². The Morgan fingerprint density at radius 3 is 2.62 bits per heavy atom. The monoisotopic (exact) mass is 617 g/mol. The molecule has 4 aliphatic rings. The third-order valence-electron chi connectivity index (χ3n) is 12.2. The van der Waals surface area contributed by atoms with E-state index in [9.17, 15) is 10.2 Å². The lowest BCUT2D eigenvalue weighted by atomic mass is 9.47. The molecule has 0 spiro atoms. The van der Waals surface area contributed by atoms with Gasteiger partial charge in [-0.25, -0.2) is 0 Å². The minimum Gasteiger partial charge on any atom is -0.490 e. The van der Waals surface area contributed by atoms with E-state index in [4.69, 9.17) is 4.74 Å². The molecule has 0 radical (unpaired) electrons. The van der Waals surface area contributed by atoms with Gasteiger partial charge in [-0.2, -0.15) is 0 Å². The van der Waals surface area contributed by atoms with Gasteiger partial charge in [-0.3, -0.25) is 0 Å². The first-order valence-corrected chi connectivity index (χ1v) is 17.9. The van der Waals surface area contributed by atoms with Gasteiger partial charge in [0.1, 0.15) is 12.9 Å². The Balaban J connectivity index is 1.28. The largest absolute Gasteiger partial charge is 0.490 e. The minimum atomic E-state index is -0.579. The molecule has 0 bridgehead atoms. The van der Waals surface area contributed by atoms with Gasteiger partial charge in [-0.1, -0.05) is 69.0 Å². The second kappa shape index (κ2) is 15.6. The zero-order valence-corrected chi connectivity index (χ0v) is 29.4. The van der Waals surface area contributed by atoms with Gasteiger partial charge in [-0.15, -0.1) is 0 Å². The van der Waals surface area contributed by atoms with Gasteiger partial charge >= 0.3 is 0 Å². The molecule has 8 unspecified atom stereocenters. The number of fused-ring (bicyclic) bond motifs is 5. The quantitative estimate of drug-likeness (QED) is 0.0882. The SMILES string of the molecule is C=C(CCN(CCC)C(=CC=CC)C(=C)C)CC(O)COC=C=C(C)C1CCC2C3CC=C4CC(O)CCC4(C)C3CCC12C. The van der Waals surface area contributed by atoms with Crippen molar-refractivity contribution in [2.45, 2.75) is 124 Å². The number of ether oxygens (including phenoxy) is 1. The minimum absolute atomic E-state index is 0.139. The summed E-state index contributed by atoms with van der Waals surface area (Å²) in [7, 11) is 0. The van der Waals surface area contributed by atoms with E-state index in [-0.39, 0.29) is 18.1 Å². The summed E-state index contributed by atoms with van der Waals surface area (Å²) >= 11 is 0. The van der Waals surface area contributed by atoms with E-state index in [1.54, 1.807) is 11.8 Å². The molecule has 3 saturated carbocycles. The van der Waals surface area contributed by atoms with Crippen LogP contribution in [0.4, 0.5) is 0 Å². The predicted octanol–water partition coefficient (Wildman–Crippen LogP) is 9.45. The van der Waals surface area contributed by atoms with Crippen molar-refractivity contribution in [2.75, 3.05) is 19.7 Å². The Labute approximate surface area is 275 Å². The molecule has 0 saturated heterocycles. The van der Waals surface area contributed by atoms with Crippen LogP contribution in [0.15, 0.2) is 77.4 Å². The normalized spacial score (nSPS) is 33.3. The molecular formula is C41H63NO3. The number of hydrogen-bond acceptors (Lipinski definition) is 4. The summed E-state index contributed by atoms with van der Waals surface area (Å²) in [4.78, 5) is 2.37. The van der Waals surface area contributed by atoms with Crippen LogP contribution in [0.1, 0.15) is 112 Å². The summed E-state index contributed by atoms with van der Waals surface area (Å²) in [5, 5.41) is 21.0. The molecular weight excluding hydrogens is 554 g/mol. The number of hydrogen-bond donors (Lipinski definition) is 2. The van der Waals surface area contributed by atoms with Gasteiger partial charge in [0, 0.05) is 18.8 Å². The number of nitrogens with zero attached hydrogens (tertiary/aromatic N) is 1. The summed E-state index contributed by atoms with van der Waals surface area (Å²) < 4.78 is 5.83. The maximum atomic E-state index is 10.7. The van der Waals surface area contributed by atoms with Crippen molar-refractivity contribution >= 4 is 0 Å². The first kappa shape index (κ1) is 35.6. The lowest BCUT2D eigenvalue weighted by molar-refractivity contribution is -0.0454. The molecule has 2 N–H and O–H groups in total. The molecule has 45 heavy (non-hydrogen) atoms. The van der Waals surface area contributed by atoms with Crippen LogP contribution in [-0.2, 0) is 4.74 Å². The summed E-state index contributed by atoms with van der Waals surface area (Å²) in [5.74, 6) is 2.82. The van der Waals surface area contributed by atoms with Crippen molar-refractivity contribution in [3.8, 4) is 0 Å². The van der Waals surface area contributed by atoms with Crippen LogP contribution >= 0.6 is 0 Å². The summed E-state index contributed by atoms with van der Waals surface area (Å²) in [6, 6.07) is 0. The summed E-state index contributed by atoms with van der Waals surface area (Å²) in [5.41, 5.74) is 10.2. The molecule has 0 aromatic carbocycles. The van der Waals surface area contributed by atoms with Crippen LogP contribution in [0.5, 0.6) is 0 Å². The molecule has 4 aliphatic carbocycles. The number of aliphatic hydroxyl groups is 2. The average Bonchev–Trinajstić information content (AvgIpc) is 3.35. The summed E-state index contributed by atoms with van der Waals surface area (Å²) in [6.45, 7) is 24.1. The fraction of sp³-hybridized carbons (Fsp3) is 0.683. The van der Waals surface area contributed by atoms with E-state index in [2.05, 4.69) is 76.6 Å². The molecule has 0 aromatic rings. The molecule has 0 aromatic heterocycles. The highest BCUT2D eigenvalue weighted by atomic mass is 16.5. The zero-order chi connectivity index (χ0) is 32.8. The highest BCUT2D eigenvalue weighted by Crippen LogP contribution is 2.67. The van der Waals surface area contributed by atoms with Gasteiger partial charge in [0.05, 0.1) is 12.2 Å². The van der Waals surface area contributed by atoms with Crippen LogP contribution in [0.25, 0.3) is 0 Å². The second-order valence-electron chi connectivity index (χ2n) is 15.3. The van der Waals surface area contributed by atoms with Gasteiger partial charge in [-0.05, 0) is 143 Å². The fourth-order valence-electron chi connectivity index (χ4n) is 9.86. The molecule has 4 rings (SSSR count). The summed E-state index contributed by atoms with van der Waals surface area (Å²) in [6.07, 6.45) is 21.5. The smallest absolute Gasteiger partial charge is 0.125 e. The van der Waals surface area contributed by atoms with Crippen LogP contribution in [-0.4, -0.2) is 47.0 Å². The van der Waals surface area contributed by atoms with Crippen molar-refractivity contribution in [2.24, 2.45) is 34.5 Å². The van der Waals surface area contributed by atoms with E-state index >= 15 is 0 Å². The topological polar surface area (TPSA) is 52.9 Å². The first-order chi connectivity index (χ1) is 21.4. The van der Waals surface area contributed by atoms with Crippen molar-refractivity contribution in [3.63, 3.8) is 0 Å². The average molecular weight is 618 g/mol. The number of aliphatic hydroxyl groups excluding tert-OH is 2. The number of rotatable bonds is 14. The fourth-order valence-corrected chi connectivity index (χ4v) is 9.86. The predicted molar refractivity (Wildman–Crippen MR) is 188 cm³/mol. The Morgan fingerprint density at radius 1 is 1.13 bits per heavy atom. The Bertz CT molecular complexity index is 1220. The molecule has 3 fully saturated rings. The molecule has 0 aliphatic heterocycles. The second-order valence-corrected chi connectivity index (χ2v) is 15.3. The van der Waals surface area contributed by atoms with Crippen molar-refractivity contribution < 1.29 is 14.9 Å². The maximum Gasteiger partial charge on any atom is 0.125 e. The highest BCUT2D eigenvalue weighted by Gasteiger charge is 2.58. The number of allylic oxidation sites excluding steroid dienone is 6. The van der Waals surface area contributed by atoms with Crippen LogP contribution in [0, 0.1) is 34.5 Å². The van der Waals surface area contributed by atoms with Crippen LogP contribution in [0.3, 0.4) is 0 Å². The lowest BCUT2D eigenvalue weighted by Crippen LogP contribution is -2.50. The Morgan fingerprint density at radius 2 is 1.91 bits per heavy atom. The van der Waals surface area contributed by atoms with Gasteiger partial charge in [0.2, 0.25) is 0 Å². The van der Waals surface area contributed by atoms with Gasteiger partial charge in [0.25, 0.3) is 0 Å². The van der Waals surface area contributed by atoms with Gasteiger partial charge < -0.3 is 19.8 Å². The molecule has 8 atom stereocenters. The van der Waals surface area contributed by atoms with Crippen LogP contribution in [0.2, 0.25) is 0 Å². The van der Waals surface area contributed by atoms with E-state index < -0.39 is 6.10 Å². The van der Waals surface area contributed by atoms with Crippen molar-refractivity contribution in [1.29, 1.82) is 0 Å². The molecule has 4 heteroatoms. The lowest BCUT2D eigenvalue weighted by Gasteiger charge is -2.58. The standard InChI is InChI=1S/C41H63NO3/c1-9-11-12-39(29(3)4)42(23-10-2)24-19-30(5)26-34(44)28-45-25-20-31(6)36-15-16-37-35-14-13-32-27-33(43)17-21-40(32,7)38(35)18-22-41(36,37)8/h9,11-13,25,33-38,43-44H,3,5,10,14-19,21-24,26-28H2,1-2,4,6-8H3. The molecule has 0 amide bonds. The maximum absolute atomic E-state index is 10.7. The molecule has 4 nitrogen and oxygen atoms in total. The highest BCUT2D eigenvalue weighted by molar-refractivity contribution is 5.29. The van der Waals surface area contributed by atoms with Gasteiger partial charge in [0.15, 0.2) is 0 Å². The molecule has 250 valence electrons. The van der Waals surface area contributed by atoms with Crippen molar-refractivity contribution in [1.82, 2.24) is 4.90 Å². The third kappa shape index (κ3) is 8.01. The zero-order valence-electron chi connectivity index (χ0n) is 29.4. The third-order valence-corrected chi connectivity index (χ3v) is 12.2. The first-order valence-electron chi connectivity index (χ1n) is 17.9. The van der Waals surface area contributed by atoms with Crippen molar-refractivity contribution in [3.05, 3.63) is 77.4 Å². The van der Waals surface area contributed by atoms with E-state index in [0.717, 1.165) is 74.1 Å².